The molecule has 1 aromatic rings. The van der Waals surface area contributed by atoms with E-state index in [2.05, 4.69) is 0 Å². The number of carboxylic acids is 1. The lowest BCUT2D eigenvalue weighted by atomic mass is 9.99. The van der Waals surface area contributed by atoms with Gasteiger partial charge in [-0.25, -0.2) is 0 Å². The van der Waals surface area contributed by atoms with Gasteiger partial charge in [0.15, 0.2) is 0 Å². The quantitative estimate of drug-likeness (QED) is 0.699. The van der Waals surface area contributed by atoms with Crippen LogP contribution in [0.1, 0.15) is 5.56 Å². The van der Waals surface area contributed by atoms with Gasteiger partial charge in [-0.05, 0) is 6.07 Å². The Hall–Kier alpha value is -1.75. The minimum Gasteiger partial charge on any atom is -0.508 e. The summed E-state index contributed by atoms with van der Waals surface area (Å²) in [7, 11) is 0. The molecule has 5 nitrogen and oxygen atoms in total. The van der Waals surface area contributed by atoms with Gasteiger partial charge in [0.05, 0.1) is 5.92 Å². The van der Waals surface area contributed by atoms with E-state index in [0.717, 1.165) is 0 Å². The van der Waals surface area contributed by atoms with Crippen molar-refractivity contribution in [3.05, 3.63) is 23.8 Å². The van der Waals surface area contributed by atoms with E-state index in [1.165, 1.54) is 12.1 Å². The molecular formula is C11H13NO4. The highest BCUT2D eigenvalue weighted by Gasteiger charge is 2.32. The summed E-state index contributed by atoms with van der Waals surface area (Å²) in [6.07, 6.45) is 0. The van der Waals surface area contributed by atoms with Gasteiger partial charge in [-0.2, -0.15) is 0 Å². The monoisotopic (exact) mass is 223 g/mol. The third-order valence-electron chi connectivity index (χ3n) is 2.77. The predicted molar refractivity (Wildman–Crippen MR) is 56.2 cm³/mol. The van der Waals surface area contributed by atoms with Crippen molar-refractivity contribution in [2.24, 2.45) is 5.92 Å². The maximum absolute atomic E-state index is 10.6. The first-order chi connectivity index (χ1) is 7.56. The van der Waals surface area contributed by atoms with Crippen molar-refractivity contribution in [3.63, 3.8) is 0 Å². The van der Waals surface area contributed by atoms with E-state index in [-0.39, 0.29) is 17.4 Å². The van der Waals surface area contributed by atoms with E-state index in [0.29, 0.717) is 25.2 Å². The lowest BCUT2D eigenvalue weighted by molar-refractivity contribution is -0.147. The molecule has 0 unspecified atom stereocenters. The number of nitrogens with zero attached hydrogens (tertiary/aromatic N) is 1. The van der Waals surface area contributed by atoms with Gasteiger partial charge in [0.25, 0.3) is 0 Å². The fraction of sp³-hybridized carbons (Fsp3) is 0.364. The number of aliphatic carboxylic acids is 1. The lowest BCUT2D eigenvalue weighted by Gasteiger charge is -2.36. The van der Waals surface area contributed by atoms with Crippen LogP contribution in [0.5, 0.6) is 11.5 Å². The number of phenols is 2. The molecular weight excluding hydrogens is 210 g/mol. The highest BCUT2D eigenvalue weighted by Crippen LogP contribution is 2.26. The zero-order valence-corrected chi connectivity index (χ0v) is 8.63. The lowest BCUT2D eigenvalue weighted by Crippen LogP contribution is -2.49. The summed E-state index contributed by atoms with van der Waals surface area (Å²) in [4.78, 5) is 12.5. The Morgan fingerprint density at radius 3 is 2.62 bits per heavy atom. The number of carboxylic acid groups (broad SMARTS) is 1. The molecule has 0 amide bonds. The first-order valence-electron chi connectivity index (χ1n) is 5.02. The van der Waals surface area contributed by atoms with E-state index in [1.54, 1.807) is 6.07 Å². The minimum absolute atomic E-state index is 0.0215. The topological polar surface area (TPSA) is 81.0 Å². The second kappa shape index (κ2) is 4.02. The zero-order chi connectivity index (χ0) is 11.7. The van der Waals surface area contributed by atoms with Crippen molar-refractivity contribution in [3.8, 4) is 11.5 Å². The predicted octanol–water partition coefficient (Wildman–Crippen LogP) is 0.614. The summed E-state index contributed by atoms with van der Waals surface area (Å²) < 4.78 is 0. The Morgan fingerprint density at radius 1 is 1.38 bits per heavy atom. The molecule has 5 heteroatoms. The first kappa shape index (κ1) is 10.8. The van der Waals surface area contributed by atoms with Gasteiger partial charge >= 0.3 is 5.97 Å². The van der Waals surface area contributed by atoms with Crippen LogP contribution in [-0.2, 0) is 11.3 Å². The van der Waals surface area contributed by atoms with Gasteiger partial charge in [0.2, 0.25) is 0 Å². The van der Waals surface area contributed by atoms with Gasteiger partial charge in [0.1, 0.15) is 11.5 Å². The highest BCUT2D eigenvalue weighted by molar-refractivity contribution is 5.71. The van der Waals surface area contributed by atoms with Crippen molar-refractivity contribution in [1.82, 2.24) is 4.90 Å². The number of phenolic OH excluding ortho intramolecular Hbond substituents is 2. The Morgan fingerprint density at radius 2 is 2.06 bits per heavy atom. The summed E-state index contributed by atoms with van der Waals surface area (Å²) in [6.45, 7) is 1.53. The number of rotatable bonds is 3. The number of aromatic hydroxyl groups is 2. The van der Waals surface area contributed by atoms with E-state index < -0.39 is 5.97 Å². The summed E-state index contributed by atoms with van der Waals surface area (Å²) in [5, 5.41) is 27.3. The summed E-state index contributed by atoms with van der Waals surface area (Å²) in [6, 6.07) is 4.42. The van der Waals surface area contributed by atoms with Crippen LogP contribution in [0.3, 0.4) is 0 Å². The fourth-order valence-electron chi connectivity index (χ4n) is 1.78. The molecule has 0 saturated carbocycles. The molecule has 0 spiro atoms. The van der Waals surface area contributed by atoms with Crippen molar-refractivity contribution < 1.29 is 20.1 Å². The van der Waals surface area contributed by atoms with Crippen LogP contribution in [0.15, 0.2) is 18.2 Å². The molecule has 16 heavy (non-hydrogen) atoms. The van der Waals surface area contributed by atoms with E-state index in [1.807, 2.05) is 4.90 Å². The number of hydrogen-bond donors (Lipinski definition) is 3. The van der Waals surface area contributed by atoms with Crippen molar-refractivity contribution >= 4 is 5.97 Å². The Balaban J connectivity index is 1.94. The summed E-state index contributed by atoms with van der Waals surface area (Å²) in [5.74, 6) is -1.00. The molecule has 0 aliphatic carbocycles. The van der Waals surface area contributed by atoms with Crippen LogP contribution in [0.4, 0.5) is 0 Å². The fourth-order valence-corrected chi connectivity index (χ4v) is 1.78. The van der Waals surface area contributed by atoms with Crippen molar-refractivity contribution in [1.29, 1.82) is 0 Å². The summed E-state index contributed by atoms with van der Waals surface area (Å²) >= 11 is 0. The molecule has 0 atom stereocenters. The molecule has 2 rings (SSSR count). The molecule has 3 N–H and O–H groups in total. The van der Waals surface area contributed by atoms with Crippen LogP contribution in [0.25, 0.3) is 0 Å². The van der Waals surface area contributed by atoms with Crippen LogP contribution >= 0.6 is 0 Å². The van der Waals surface area contributed by atoms with Crippen LogP contribution in [0, 0.1) is 5.92 Å². The molecule has 0 bridgehead atoms. The Bertz CT molecular complexity index is 412. The van der Waals surface area contributed by atoms with Gasteiger partial charge in [-0.15, -0.1) is 0 Å². The van der Waals surface area contributed by atoms with Crippen LogP contribution < -0.4 is 0 Å². The minimum atomic E-state index is -0.772. The number of carbonyl (C=O) groups is 1. The largest absolute Gasteiger partial charge is 0.508 e. The molecule has 1 saturated heterocycles. The van der Waals surface area contributed by atoms with Crippen LogP contribution in [-0.4, -0.2) is 39.3 Å². The standard InChI is InChI=1S/C11H13NO4/c13-9-2-1-7(10(14)3-9)4-12-5-8(6-12)11(15)16/h1-3,8,13-14H,4-6H2,(H,15,16). The maximum Gasteiger partial charge on any atom is 0.309 e. The van der Waals surface area contributed by atoms with E-state index >= 15 is 0 Å². The van der Waals surface area contributed by atoms with Gasteiger partial charge in [-0.1, -0.05) is 6.07 Å². The molecule has 1 heterocycles. The zero-order valence-electron chi connectivity index (χ0n) is 8.63. The number of hydrogen-bond acceptors (Lipinski definition) is 4. The number of likely N-dealkylation sites (tertiary alicyclic amines) is 1. The highest BCUT2D eigenvalue weighted by atomic mass is 16.4. The summed E-state index contributed by atoms with van der Waals surface area (Å²) in [5.41, 5.74) is 0.696. The SMILES string of the molecule is O=C(O)C1CN(Cc2ccc(O)cc2O)C1. The molecule has 1 aromatic carbocycles. The van der Waals surface area contributed by atoms with Crippen molar-refractivity contribution in [2.45, 2.75) is 6.54 Å². The van der Waals surface area contributed by atoms with Gasteiger partial charge < -0.3 is 15.3 Å². The normalized spacial score (nSPS) is 17.0. The third kappa shape index (κ3) is 2.09. The Labute approximate surface area is 92.6 Å². The van der Waals surface area contributed by atoms with Gasteiger partial charge in [-0.3, -0.25) is 9.69 Å². The van der Waals surface area contributed by atoms with Crippen molar-refractivity contribution in [2.75, 3.05) is 13.1 Å². The second-order valence-corrected chi connectivity index (χ2v) is 4.04. The molecule has 86 valence electrons. The average molecular weight is 223 g/mol. The van der Waals surface area contributed by atoms with Gasteiger partial charge in [0, 0.05) is 31.3 Å². The maximum atomic E-state index is 10.6. The van der Waals surface area contributed by atoms with E-state index in [4.69, 9.17) is 10.2 Å². The molecule has 0 radical (unpaired) electrons. The molecule has 1 aliphatic heterocycles. The third-order valence-corrected chi connectivity index (χ3v) is 2.77. The number of benzene rings is 1. The average Bonchev–Trinajstić information content (AvgIpc) is 2.12. The smallest absolute Gasteiger partial charge is 0.309 e. The first-order valence-corrected chi connectivity index (χ1v) is 5.02. The second-order valence-electron chi connectivity index (χ2n) is 4.04. The molecule has 1 aliphatic rings. The van der Waals surface area contributed by atoms with Crippen LogP contribution in [0.2, 0.25) is 0 Å². The molecule has 0 aromatic heterocycles. The Kier molecular flexibility index (Phi) is 2.70. The van der Waals surface area contributed by atoms with E-state index in [9.17, 15) is 9.90 Å². The molecule has 1 fully saturated rings.